The summed E-state index contributed by atoms with van der Waals surface area (Å²) in [5.41, 5.74) is 0.798. The van der Waals surface area contributed by atoms with Crippen LogP contribution in [0.25, 0.3) is 0 Å². The Kier molecular flexibility index (Phi) is 7.79. The molecule has 1 N–H and O–H groups in total. The van der Waals surface area contributed by atoms with Crippen molar-refractivity contribution in [3.05, 3.63) is 29.8 Å². The highest BCUT2D eigenvalue weighted by Crippen LogP contribution is 2.25. The van der Waals surface area contributed by atoms with Crippen molar-refractivity contribution in [1.82, 2.24) is 10.2 Å². The van der Waals surface area contributed by atoms with E-state index in [1.165, 1.54) is 7.11 Å². The molecule has 1 unspecified atom stereocenters. The maximum absolute atomic E-state index is 12.0. The summed E-state index contributed by atoms with van der Waals surface area (Å²) >= 11 is 0. The number of likely N-dealkylation sites (N-methyl/N-ethyl adjacent to an activating group) is 1. The average molecular weight is 294 g/mol. The van der Waals surface area contributed by atoms with E-state index in [0.717, 1.165) is 25.2 Å². The van der Waals surface area contributed by atoms with Gasteiger partial charge in [-0.05, 0) is 19.2 Å². The standard InChI is InChI=1S/C16H26N2O3/c1-5-18(6-2)12-11-17-15(16(19)21-4)13-9-7-8-10-14(13)20-3/h7-10,15,17H,5-6,11-12H2,1-4H3. The first-order valence-electron chi connectivity index (χ1n) is 7.34. The molecule has 0 bridgehead atoms. The minimum absolute atomic E-state index is 0.306. The SMILES string of the molecule is CCN(CC)CCNC(C(=O)OC)c1ccccc1OC. The molecular weight excluding hydrogens is 268 g/mol. The lowest BCUT2D eigenvalue weighted by atomic mass is 10.1. The predicted molar refractivity (Wildman–Crippen MR) is 83.5 cm³/mol. The summed E-state index contributed by atoms with van der Waals surface area (Å²) in [7, 11) is 3.00. The van der Waals surface area contributed by atoms with Gasteiger partial charge in [-0.15, -0.1) is 0 Å². The Bertz CT molecular complexity index is 433. The molecular formula is C16H26N2O3. The molecule has 0 aliphatic heterocycles. The number of benzene rings is 1. The summed E-state index contributed by atoms with van der Waals surface area (Å²) in [6.07, 6.45) is 0. The van der Waals surface area contributed by atoms with Crippen LogP contribution in [0.4, 0.5) is 0 Å². The summed E-state index contributed by atoms with van der Waals surface area (Å²) in [6.45, 7) is 7.84. The molecule has 0 radical (unpaired) electrons. The molecule has 1 aromatic rings. The number of para-hydroxylation sites is 1. The molecule has 0 saturated carbocycles. The molecule has 0 fully saturated rings. The third-order valence-electron chi connectivity index (χ3n) is 3.56. The highest BCUT2D eigenvalue weighted by atomic mass is 16.5. The van der Waals surface area contributed by atoms with Gasteiger partial charge >= 0.3 is 5.97 Å². The predicted octanol–water partition coefficient (Wildman–Crippen LogP) is 1.84. The molecule has 0 amide bonds. The van der Waals surface area contributed by atoms with Crippen LogP contribution in [0.15, 0.2) is 24.3 Å². The van der Waals surface area contributed by atoms with E-state index in [9.17, 15) is 4.79 Å². The van der Waals surface area contributed by atoms with Crippen LogP contribution in [-0.4, -0.2) is 51.3 Å². The molecule has 0 saturated heterocycles. The molecule has 0 spiro atoms. The third kappa shape index (κ3) is 5.02. The zero-order valence-electron chi connectivity index (χ0n) is 13.4. The lowest BCUT2D eigenvalue weighted by Crippen LogP contribution is -2.37. The Morgan fingerprint density at radius 2 is 1.90 bits per heavy atom. The van der Waals surface area contributed by atoms with Gasteiger partial charge in [0.05, 0.1) is 14.2 Å². The zero-order valence-corrected chi connectivity index (χ0v) is 13.4. The lowest BCUT2D eigenvalue weighted by molar-refractivity contribution is -0.143. The van der Waals surface area contributed by atoms with E-state index in [2.05, 4.69) is 24.1 Å². The number of ether oxygens (including phenoxy) is 2. The summed E-state index contributed by atoms with van der Waals surface area (Å²) in [5.74, 6) is 0.377. The second-order valence-electron chi connectivity index (χ2n) is 4.68. The van der Waals surface area contributed by atoms with Gasteiger partial charge in [0.1, 0.15) is 11.8 Å². The smallest absolute Gasteiger partial charge is 0.327 e. The molecule has 0 aliphatic rings. The summed E-state index contributed by atoms with van der Waals surface area (Å²) in [5, 5.41) is 3.26. The number of hydrogen-bond donors (Lipinski definition) is 1. The fourth-order valence-electron chi connectivity index (χ4n) is 2.25. The van der Waals surface area contributed by atoms with Crippen molar-refractivity contribution in [2.45, 2.75) is 19.9 Å². The molecule has 0 aromatic heterocycles. The summed E-state index contributed by atoms with van der Waals surface area (Å²) < 4.78 is 10.2. The Labute approximate surface area is 127 Å². The minimum atomic E-state index is -0.512. The quantitative estimate of drug-likeness (QED) is 0.704. The number of rotatable bonds is 9. The molecule has 1 atom stereocenters. The Balaban J connectivity index is 2.79. The first-order chi connectivity index (χ1) is 10.2. The third-order valence-corrected chi connectivity index (χ3v) is 3.56. The van der Waals surface area contributed by atoms with Crippen LogP contribution < -0.4 is 10.1 Å². The van der Waals surface area contributed by atoms with Gasteiger partial charge in [-0.1, -0.05) is 32.0 Å². The molecule has 1 rings (SSSR count). The number of carbonyl (C=O) groups excluding carboxylic acids is 1. The van der Waals surface area contributed by atoms with E-state index in [4.69, 9.17) is 9.47 Å². The van der Waals surface area contributed by atoms with Gasteiger partial charge in [0.25, 0.3) is 0 Å². The fraction of sp³-hybridized carbons (Fsp3) is 0.562. The van der Waals surface area contributed by atoms with Crippen LogP contribution in [0.1, 0.15) is 25.5 Å². The number of methoxy groups -OCH3 is 2. The number of nitrogens with one attached hydrogen (secondary N) is 1. The summed E-state index contributed by atoms with van der Waals surface area (Å²) in [4.78, 5) is 14.3. The molecule has 1 aromatic carbocycles. The van der Waals surface area contributed by atoms with Crippen LogP contribution >= 0.6 is 0 Å². The van der Waals surface area contributed by atoms with Crippen LogP contribution in [0, 0.1) is 0 Å². The highest BCUT2D eigenvalue weighted by Gasteiger charge is 2.23. The van der Waals surface area contributed by atoms with Crippen LogP contribution in [0.5, 0.6) is 5.75 Å². The number of esters is 1. The van der Waals surface area contributed by atoms with Gasteiger partial charge in [-0.25, -0.2) is 4.79 Å². The molecule has 5 nitrogen and oxygen atoms in total. The monoisotopic (exact) mass is 294 g/mol. The molecule has 0 aliphatic carbocycles. The molecule has 0 heterocycles. The molecule has 21 heavy (non-hydrogen) atoms. The zero-order chi connectivity index (χ0) is 15.7. The van der Waals surface area contributed by atoms with E-state index >= 15 is 0 Å². The topological polar surface area (TPSA) is 50.8 Å². The van der Waals surface area contributed by atoms with Crippen molar-refractivity contribution in [3.63, 3.8) is 0 Å². The highest BCUT2D eigenvalue weighted by molar-refractivity contribution is 5.78. The molecule has 5 heteroatoms. The van der Waals surface area contributed by atoms with E-state index in [1.807, 2.05) is 24.3 Å². The van der Waals surface area contributed by atoms with Crippen molar-refractivity contribution in [2.24, 2.45) is 0 Å². The van der Waals surface area contributed by atoms with Crippen LogP contribution in [0.3, 0.4) is 0 Å². The second-order valence-corrected chi connectivity index (χ2v) is 4.68. The van der Waals surface area contributed by atoms with E-state index in [1.54, 1.807) is 7.11 Å². The Morgan fingerprint density at radius 3 is 2.48 bits per heavy atom. The average Bonchev–Trinajstić information content (AvgIpc) is 2.54. The van der Waals surface area contributed by atoms with E-state index in [-0.39, 0.29) is 5.97 Å². The first-order valence-corrected chi connectivity index (χ1v) is 7.34. The van der Waals surface area contributed by atoms with Gasteiger partial charge in [-0.3, -0.25) is 5.32 Å². The second kappa shape index (κ2) is 9.37. The van der Waals surface area contributed by atoms with Gasteiger partial charge in [-0.2, -0.15) is 0 Å². The van der Waals surface area contributed by atoms with Gasteiger partial charge in [0, 0.05) is 18.7 Å². The Hall–Kier alpha value is -1.59. The largest absolute Gasteiger partial charge is 0.496 e. The van der Waals surface area contributed by atoms with Gasteiger partial charge in [0.15, 0.2) is 0 Å². The normalized spacial score (nSPS) is 12.2. The van der Waals surface area contributed by atoms with Gasteiger partial charge < -0.3 is 14.4 Å². The van der Waals surface area contributed by atoms with E-state index in [0.29, 0.717) is 12.3 Å². The minimum Gasteiger partial charge on any atom is -0.496 e. The van der Waals surface area contributed by atoms with Crippen LogP contribution in [0.2, 0.25) is 0 Å². The maximum Gasteiger partial charge on any atom is 0.327 e. The van der Waals surface area contributed by atoms with Crippen molar-refractivity contribution in [2.75, 3.05) is 40.4 Å². The number of hydrogen-bond acceptors (Lipinski definition) is 5. The van der Waals surface area contributed by atoms with Crippen LogP contribution in [-0.2, 0) is 9.53 Å². The van der Waals surface area contributed by atoms with Gasteiger partial charge in [0.2, 0.25) is 0 Å². The Morgan fingerprint density at radius 1 is 1.24 bits per heavy atom. The van der Waals surface area contributed by atoms with Crippen molar-refractivity contribution >= 4 is 5.97 Å². The number of carbonyl (C=O) groups is 1. The van der Waals surface area contributed by atoms with Crippen molar-refractivity contribution in [3.8, 4) is 5.75 Å². The van der Waals surface area contributed by atoms with Crippen molar-refractivity contribution in [1.29, 1.82) is 0 Å². The summed E-state index contributed by atoms with van der Waals surface area (Å²) in [6, 6.07) is 6.98. The maximum atomic E-state index is 12.0. The lowest BCUT2D eigenvalue weighted by Gasteiger charge is -2.22. The fourth-order valence-corrected chi connectivity index (χ4v) is 2.25. The first kappa shape index (κ1) is 17.5. The molecule has 118 valence electrons. The number of nitrogens with zero attached hydrogens (tertiary/aromatic N) is 1. The van der Waals surface area contributed by atoms with E-state index < -0.39 is 6.04 Å². The van der Waals surface area contributed by atoms with Crippen molar-refractivity contribution < 1.29 is 14.3 Å².